The van der Waals surface area contributed by atoms with Crippen molar-refractivity contribution in [1.82, 2.24) is 9.55 Å². The molecule has 0 aromatic carbocycles. The number of hydrogen-bond acceptors (Lipinski definition) is 5. The SMILES string of the molecule is O=C(Nc1nc(C2CC2)cs1)c1ccc(Cn2ccccc2=O)o1. The first-order valence-electron chi connectivity index (χ1n) is 7.70. The molecule has 1 aliphatic rings. The molecule has 0 bridgehead atoms. The lowest BCUT2D eigenvalue weighted by atomic mass is 10.3. The lowest BCUT2D eigenvalue weighted by molar-refractivity contribution is 0.0994. The largest absolute Gasteiger partial charge is 0.454 e. The van der Waals surface area contributed by atoms with Crippen LogP contribution in [0.4, 0.5) is 5.13 Å². The van der Waals surface area contributed by atoms with E-state index in [9.17, 15) is 9.59 Å². The van der Waals surface area contributed by atoms with E-state index in [0.717, 1.165) is 5.69 Å². The summed E-state index contributed by atoms with van der Waals surface area (Å²) in [6.07, 6.45) is 4.04. The molecule has 3 aromatic rings. The van der Waals surface area contributed by atoms with Crippen molar-refractivity contribution in [3.63, 3.8) is 0 Å². The van der Waals surface area contributed by atoms with Gasteiger partial charge in [-0.15, -0.1) is 11.3 Å². The van der Waals surface area contributed by atoms with Gasteiger partial charge < -0.3 is 8.98 Å². The van der Waals surface area contributed by atoms with E-state index < -0.39 is 0 Å². The van der Waals surface area contributed by atoms with Gasteiger partial charge in [-0.25, -0.2) is 4.98 Å². The van der Waals surface area contributed by atoms with E-state index >= 15 is 0 Å². The summed E-state index contributed by atoms with van der Waals surface area (Å²) in [5, 5.41) is 5.33. The van der Waals surface area contributed by atoms with E-state index in [2.05, 4.69) is 10.3 Å². The molecule has 7 heteroatoms. The maximum absolute atomic E-state index is 12.2. The predicted molar refractivity (Wildman–Crippen MR) is 90.6 cm³/mol. The first-order chi connectivity index (χ1) is 11.7. The maximum atomic E-state index is 12.2. The third kappa shape index (κ3) is 3.16. The molecule has 0 saturated heterocycles. The second-order valence-electron chi connectivity index (χ2n) is 5.74. The summed E-state index contributed by atoms with van der Waals surface area (Å²) in [6.45, 7) is 0.288. The molecule has 0 atom stereocenters. The Labute approximate surface area is 141 Å². The fourth-order valence-electron chi connectivity index (χ4n) is 2.41. The van der Waals surface area contributed by atoms with Crippen molar-refractivity contribution >= 4 is 22.4 Å². The Kier molecular flexibility index (Phi) is 3.78. The van der Waals surface area contributed by atoms with E-state index in [1.165, 1.54) is 34.8 Å². The van der Waals surface area contributed by atoms with Crippen LogP contribution in [0.5, 0.6) is 0 Å². The predicted octanol–water partition coefficient (Wildman–Crippen LogP) is 3.08. The quantitative estimate of drug-likeness (QED) is 0.774. The van der Waals surface area contributed by atoms with Gasteiger partial charge in [-0.2, -0.15) is 0 Å². The molecule has 1 aliphatic carbocycles. The number of anilines is 1. The molecule has 122 valence electrons. The average Bonchev–Trinajstić information content (AvgIpc) is 3.14. The zero-order valence-electron chi connectivity index (χ0n) is 12.8. The van der Waals surface area contributed by atoms with Gasteiger partial charge in [0, 0.05) is 23.6 Å². The van der Waals surface area contributed by atoms with Gasteiger partial charge in [0.15, 0.2) is 10.9 Å². The Morgan fingerprint density at radius 1 is 1.33 bits per heavy atom. The van der Waals surface area contributed by atoms with Crippen LogP contribution in [0, 0.1) is 0 Å². The number of furan rings is 1. The van der Waals surface area contributed by atoms with Gasteiger partial charge in [-0.3, -0.25) is 14.9 Å². The Morgan fingerprint density at radius 3 is 3.00 bits per heavy atom. The van der Waals surface area contributed by atoms with Gasteiger partial charge in [0.05, 0.1) is 12.2 Å². The Balaban J connectivity index is 1.44. The third-order valence-electron chi connectivity index (χ3n) is 3.85. The molecule has 0 radical (unpaired) electrons. The minimum absolute atomic E-state index is 0.115. The number of aromatic nitrogens is 2. The molecule has 0 unspecified atom stereocenters. The number of carbonyl (C=O) groups is 1. The second-order valence-corrected chi connectivity index (χ2v) is 6.60. The minimum atomic E-state index is -0.335. The smallest absolute Gasteiger partial charge is 0.293 e. The van der Waals surface area contributed by atoms with Crippen molar-refractivity contribution in [1.29, 1.82) is 0 Å². The summed E-state index contributed by atoms with van der Waals surface area (Å²) in [5.74, 6) is 0.980. The Bertz CT molecular complexity index is 936. The van der Waals surface area contributed by atoms with Gasteiger partial charge in [0.25, 0.3) is 11.5 Å². The van der Waals surface area contributed by atoms with Crippen LogP contribution in [0.25, 0.3) is 0 Å². The normalized spacial score (nSPS) is 13.8. The lowest BCUT2D eigenvalue weighted by Crippen LogP contribution is -2.18. The third-order valence-corrected chi connectivity index (χ3v) is 4.62. The molecule has 4 rings (SSSR count). The average molecular weight is 341 g/mol. The van der Waals surface area contributed by atoms with Crippen LogP contribution < -0.4 is 10.9 Å². The van der Waals surface area contributed by atoms with Crippen LogP contribution in [-0.4, -0.2) is 15.5 Å². The second kappa shape index (κ2) is 6.09. The van der Waals surface area contributed by atoms with Gasteiger partial charge in [-0.1, -0.05) is 6.07 Å². The van der Waals surface area contributed by atoms with Crippen molar-refractivity contribution < 1.29 is 9.21 Å². The van der Waals surface area contributed by atoms with Crippen molar-refractivity contribution in [3.05, 3.63) is 69.5 Å². The fourth-order valence-corrected chi connectivity index (χ4v) is 3.20. The van der Waals surface area contributed by atoms with E-state index in [4.69, 9.17) is 4.42 Å². The summed E-state index contributed by atoms with van der Waals surface area (Å²) in [6, 6.07) is 8.25. The maximum Gasteiger partial charge on any atom is 0.293 e. The molecular weight excluding hydrogens is 326 g/mol. The summed E-state index contributed by atoms with van der Waals surface area (Å²) in [7, 11) is 0. The highest BCUT2D eigenvalue weighted by atomic mass is 32.1. The molecule has 6 nitrogen and oxygen atoms in total. The van der Waals surface area contributed by atoms with Crippen LogP contribution in [-0.2, 0) is 6.54 Å². The number of amides is 1. The summed E-state index contributed by atoms with van der Waals surface area (Å²) < 4.78 is 7.07. The molecule has 1 amide bonds. The van der Waals surface area contributed by atoms with Crippen molar-refractivity contribution in [3.8, 4) is 0 Å². The molecule has 3 heterocycles. The van der Waals surface area contributed by atoms with E-state index in [0.29, 0.717) is 16.8 Å². The highest BCUT2D eigenvalue weighted by Crippen LogP contribution is 2.40. The van der Waals surface area contributed by atoms with Crippen molar-refractivity contribution in [2.45, 2.75) is 25.3 Å². The van der Waals surface area contributed by atoms with Gasteiger partial charge in [0.2, 0.25) is 0 Å². The number of hydrogen-bond donors (Lipinski definition) is 1. The number of carbonyl (C=O) groups excluding carboxylic acids is 1. The molecule has 0 aliphatic heterocycles. The van der Waals surface area contributed by atoms with E-state index in [1.54, 1.807) is 30.5 Å². The van der Waals surface area contributed by atoms with Crippen molar-refractivity contribution in [2.24, 2.45) is 0 Å². The number of nitrogens with zero attached hydrogens (tertiary/aromatic N) is 2. The topological polar surface area (TPSA) is 77.1 Å². The summed E-state index contributed by atoms with van der Waals surface area (Å²) in [4.78, 5) is 28.4. The molecule has 3 aromatic heterocycles. The number of pyridine rings is 1. The summed E-state index contributed by atoms with van der Waals surface area (Å²) in [5.41, 5.74) is 0.939. The van der Waals surface area contributed by atoms with Crippen LogP contribution in [0.1, 0.15) is 40.8 Å². The molecular formula is C17H15N3O3S. The first-order valence-corrected chi connectivity index (χ1v) is 8.58. The van der Waals surface area contributed by atoms with Crippen molar-refractivity contribution in [2.75, 3.05) is 5.32 Å². The van der Waals surface area contributed by atoms with Gasteiger partial charge >= 0.3 is 0 Å². The Morgan fingerprint density at radius 2 is 2.21 bits per heavy atom. The Hall–Kier alpha value is -2.67. The van der Waals surface area contributed by atoms with Gasteiger partial charge in [0.1, 0.15) is 5.76 Å². The minimum Gasteiger partial charge on any atom is -0.454 e. The molecule has 0 spiro atoms. The number of rotatable bonds is 5. The van der Waals surface area contributed by atoms with Crippen LogP contribution >= 0.6 is 11.3 Å². The van der Waals surface area contributed by atoms with Gasteiger partial charge in [-0.05, 0) is 31.0 Å². The number of nitrogens with one attached hydrogen (secondary N) is 1. The fraction of sp³-hybridized carbons (Fsp3) is 0.235. The van der Waals surface area contributed by atoms with Crippen LogP contribution in [0.15, 0.2) is 51.1 Å². The van der Waals surface area contributed by atoms with E-state index in [1.807, 2.05) is 5.38 Å². The van der Waals surface area contributed by atoms with E-state index in [-0.39, 0.29) is 23.8 Å². The van der Waals surface area contributed by atoms with Crippen LogP contribution in [0.2, 0.25) is 0 Å². The zero-order chi connectivity index (χ0) is 16.5. The molecule has 1 N–H and O–H groups in total. The summed E-state index contributed by atoms with van der Waals surface area (Å²) >= 11 is 1.42. The lowest BCUT2D eigenvalue weighted by Gasteiger charge is -2.02. The molecule has 1 saturated carbocycles. The van der Waals surface area contributed by atoms with Crippen LogP contribution in [0.3, 0.4) is 0 Å². The molecule has 1 fully saturated rings. The number of thiazole rings is 1. The first kappa shape index (κ1) is 14.9. The standard InChI is InChI=1S/C17H15N3O3S/c21-15-3-1-2-8-20(15)9-12-6-7-14(23-12)16(22)19-17-18-13(10-24-17)11-4-5-11/h1-3,6-8,10-11H,4-5,9H2,(H,18,19,22). The highest BCUT2D eigenvalue weighted by molar-refractivity contribution is 7.14. The zero-order valence-corrected chi connectivity index (χ0v) is 13.6. The monoisotopic (exact) mass is 341 g/mol. The molecule has 24 heavy (non-hydrogen) atoms. The highest BCUT2D eigenvalue weighted by Gasteiger charge is 2.26.